The maximum Gasteiger partial charge on any atom is 0.330 e. The van der Waals surface area contributed by atoms with Crippen LogP contribution in [0.15, 0.2) is 11.6 Å². The summed E-state index contributed by atoms with van der Waals surface area (Å²) in [4.78, 5) is 11.4. The molecule has 2 fully saturated rings. The van der Waals surface area contributed by atoms with Gasteiger partial charge in [0.25, 0.3) is 0 Å². The Morgan fingerprint density at radius 3 is 3.22 bits per heavy atom. The topological polar surface area (TPSA) is 59.3 Å². The van der Waals surface area contributed by atoms with Crippen LogP contribution >= 0.6 is 0 Å². The molecule has 1 heterocycles. The zero-order valence-corrected chi connectivity index (χ0v) is 10.8. The number of hydrogen-bond acceptors (Lipinski definition) is 4. The summed E-state index contributed by atoms with van der Waals surface area (Å²) in [6, 6.07) is 2.32. The first-order chi connectivity index (χ1) is 8.67. The average Bonchev–Trinajstić information content (AvgIpc) is 2.72. The molecule has 2 atom stereocenters. The van der Waals surface area contributed by atoms with E-state index in [1.807, 2.05) is 0 Å². The lowest BCUT2D eigenvalue weighted by Gasteiger charge is -2.35. The van der Waals surface area contributed by atoms with Gasteiger partial charge in [0.2, 0.25) is 0 Å². The minimum Gasteiger partial charge on any atom is -0.463 e. The highest BCUT2D eigenvalue weighted by Gasteiger charge is 2.42. The van der Waals surface area contributed by atoms with Gasteiger partial charge in [0, 0.05) is 12.0 Å². The summed E-state index contributed by atoms with van der Waals surface area (Å²) >= 11 is 0. The van der Waals surface area contributed by atoms with E-state index in [9.17, 15) is 4.79 Å². The van der Waals surface area contributed by atoms with E-state index in [1.165, 1.54) is 0 Å². The van der Waals surface area contributed by atoms with Crippen LogP contribution in [0.1, 0.15) is 39.0 Å². The molecular weight excluding hydrogens is 230 g/mol. The van der Waals surface area contributed by atoms with Gasteiger partial charge in [-0.1, -0.05) is 5.57 Å². The van der Waals surface area contributed by atoms with E-state index in [2.05, 4.69) is 6.07 Å². The van der Waals surface area contributed by atoms with E-state index >= 15 is 0 Å². The van der Waals surface area contributed by atoms with Gasteiger partial charge in [0.15, 0.2) is 0 Å². The maximum absolute atomic E-state index is 11.4. The predicted molar refractivity (Wildman–Crippen MR) is 65.6 cm³/mol. The van der Waals surface area contributed by atoms with Crippen molar-refractivity contribution in [2.45, 2.75) is 44.6 Å². The van der Waals surface area contributed by atoms with E-state index in [4.69, 9.17) is 14.7 Å². The lowest BCUT2D eigenvalue weighted by molar-refractivity contribution is -0.137. The summed E-state index contributed by atoms with van der Waals surface area (Å²) in [6.45, 7) is 2.85. The first kappa shape index (κ1) is 13.1. The molecule has 2 rings (SSSR count). The second-order valence-electron chi connectivity index (χ2n) is 5.08. The molecule has 1 saturated carbocycles. The van der Waals surface area contributed by atoms with E-state index < -0.39 is 0 Å². The van der Waals surface area contributed by atoms with Gasteiger partial charge in [0.05, 0.1) is 24.9 Å². The third-order valence-corrected chi connectivity index (χ3v) is 3.74. The molecule has 4 heteroatoms. The summed E-state index contributed by atoms with van der Waals surface area (Å²) in [5.41, 5.74) is 0.898. The highest BCUT2D eigenvalue weighted by atomic mass is 16.5. The molecular formula is C14H19NO3. The number of hydrogen-bond donors (Lipinski definition) is 0. The van der Waals surface area contributed by atoms with E-state index in [0.717, 1.165) is 37.7 Å². The summed E-state index contributed by atoms with van der Waals surface area (Å²) < 4.78 is 10.8. The highest BCUT2D eigenvalue weighted by Crippen LogP contribution is 2.44. The van der Waals surface area contributed by atoms with Crippen molar-refractivity contribution in [2.24, 2.45) is 5.92 Å². The zero-order valence-electron chi connectivity index (χ0n) is 10.8. The van der Waals surface area contributed by atoms with E-state index in [1.54, 1.807) is 13.0 Å². The lowest BCUT2D eigenvalue weighted by Crippen LogP contribution is -2.34. The smallest absolute Gasteiger partial charge is 0.330 e. The van der Waals surface area contributed by atoms with Crippen LogP contribution in [0.4, 0.5) is 0 Å². The third-order valence-electron chi connectivity index (χ3n) is 3.74. The molecule has 2 aliphatic rings. The minimum atomic E-state index is -0.264. The SMILES string of the molecule is CCOC(=O)/C=C1/CCOC2(CCC(C#N)C2)C1. The number of rotatable bonds is 2. The molecule has 1 spiro atoms. The van der Waals surface area contributed by atoms with Gasteiger partial charge in [-0.15, -0.1) is 0 Å². The monoisotopic (exact) mass is 249 g/mol. The van der Waals surface area contributed by atoms with Crippen molar-refractivity contribution in [3.63, 3.8) is 0 Å². The molecule has 1 aliphatic heterocycles. The molecule has 1 saturated heterocycles. The Hall–Kier alpha value is -1.34. The van der Waals surface area contributed by atoms with Crippen molar-refractivity contribution in [1.29, 1.82) is 5.26 Å². The van der Waals surface area contributed by atoms with Crippen LogP contribution in [0.25, 0.3) is 0 Å². The number of carbonyl (C=O) groups excluding carboxylic acids is 1. The largest absolute Gasteiger partial charge is 0.463 e. The second kappa shape index (κ2) is 5.53. The third kappa shape index (κ3) is 2.91. The van der Waals surface area contributed by atoms with Gasteiger partial charge in [0.1, 0.15) is 0 Å². The summed E-state index contributed by atoms with van der Waals surface area (Å²) in [5.74, 6) is -0.161. The van der Waals surface area contributed by atoms with Gasteiger partial charge in [-0.3, -0.25) is 0 Å². The molecule has 0 radical (unpaired) electrons. The molecule has 2 unspecified atom stereocenters. The molecule has 0 N–H and O–H groups in total. The Bertz CT molecular complexity index is 396. The van der Waals surface area contributed by atoms with Crippen LogP contribution in [0.3, 0.4) is 0 Å². The van der Waals surface area contributed by atoms with Crippen molar-refractivity contribution in [1.82, 2.24) is 0 Å². The Balaban J connectivity index is 2.01. The van der Waals surface area contributed by atoms with Gasteiger partial charge < -0.3 is 9.47 Å². The van der Waals surface area contributed by atoms with Crippen LogP contribution in [0, 0.1) is 17.2 Å². The fourth-order valence-electron chi connectivity index (χ4n) is 2.92. The number of ether oxygens (including phenoxy) is 2. The molecule has 4 nitrogen and oxygen atoms in total. The summed E-state index contributed by atoms with van der Waals surface area (Å²) in [7, 11) is 0. The van der Waals surface area contributed by atoms with Crippen molar-refractivity contribution in [3.05, 3.63) is 11.6 Å². The zero-order chi connectivity index (χ0) is 13.0. The minimum absolute atomic E-state index is 0.104. The quantitative estimate of drug-likeness (QED) is 0.556. The standard InChI is InChI=1S/C14H19NO3/c1-2-17-13(16)7-11-4-6-18-14(8-11)5-3-12(9-14)10-15/h7,12H,2-6,8-9H2,1H3/b11-7-. The Morgan fingerprint density at radius 2 is 2.56 bits per heavy atom. The Kier molecular flexibility index (Phi) is 4.03. The van der Waals surface area contributed by atoms with Crippen molar-refractivity contribution in [2.75, 3.05) is 13.2 Å². The van der Waals surface area contributed by atoms with E-state index in [0.29, 0.717) is 13.2 Å². The van der Waals surface area contributed by atoms with Crippen LogP contribution in [0.5, 0.6) is 0 Å². The fraction of sp³-hybridized carbons (Fsp3) is 0.714. The molecule has 0 aromatic rings. The maximum atomic E-state index is 11.4. The van der Waals surface area contributed by atoms with E-state index in [-0.39, 0.29) is 17.5 Å². The highest BCUT2D eigenvalue weighted by molar-refractivity contribution is 5.82. The summed E-state index contributed by atoms with van der Waals surface area (Å²) in [6.07, 6.45) is 5.79. The number of esters is 1. The predicted octanol–water partition coefficient (Wildman–Crippen LogP) is 2.35. The average molecular weight is 249 g/mol. The molecule has 0 aromatic heterocycles. The fourth-order valence-corrected chi connectivity index (χ4v) is 2.92. The molecule has 0 bridgehead atoms. The number of carbonyl (C=O) groups is 1. The van der Waals surface area contributed by atoms with Crippen LogP contribution in [0.2, 0.25) is 0 Å². The Labute approximate surface area is 108 Å². The molecule has 0 aromatic carbocycles. The molecule has 98 valence electrons. The first-order valence-electron chi connectivity index (χ1n) is 6.57. The summed E-state index contributed by atoms with van der Waals surface area (Å²) in [5, 5.41) is 8.97. The Morgan fingerprint density at radius 1 is 1.72 bits per heavy atom. The number of nitrogens with zero attached hydrogens (tertiary/aromatic N) is 1. The molecule has 1 aliphatic carbocycles. The normalized spacial score (nSPS) is 33.6. The molecule has 0 amide bonds. The van der Waals surface area contributed by atoms with Crippen LogP contribution in [-0.4, -0.2) is 24.8 Å². The van der Waals surface area contributed by atoms with Gasteiger partial charge in [-0.25, -0.2) is 4.79 Å². The van der Waals surface area contributed by atoms with Gasteiger partial charge in [-0.05, 0) is 39.0 Å². The first-order valence-corrected chi connectivity index (χ1v) is 6.57. The van der Waals surface area contributed by atoms with Crippen LogP contribution in [-0.2, 0) is 14.3 Å². The number of nitriles is 1. The second-order valence-corrected chi connectivity index (χ2v) is 5.08. The van der Waals surface area contributed by atoms with Crippen molar-refractivity contribution in [3.8, 4) is 6.07 Å². The van der Waals surface area contributed by atoms with Crippen molar-refractivity contribution >= 4 is 5.97 Å². The lowest BCUT2D eigenvalue weighted by atomic mass is 9.88. The van der Waals surface area contributed by atoms with Crippen LogP contribution < -0.4 is 0 Å². The molecule has 18 heavy (non-hydrogen) atoms. The van der Waals surface area contributed by atoms with Gasteiger partial charge in [-0.2, -0.15) is 5.26 Å². The van der Waals surface area contributed by atoms with Gasteiger partial charge >= 0.3 is 5.97 Å². The van der Waals surface area contributed by atoms with Crippen molar-refractivity contribution < 1.29 is 14.3 Å².